The fourth-order valence-electron chi connectivity index (χ4n) is 2.63. The zero-order valence-corrected chi connectivity index (χ0v) is 13.9. The van der Waals surface area contributed by atoms with E-state index in [9.17, 15) is 4.79 Å². The number of carbonyl (C=O) groups excluding carboxylic acids is 1. The monoisotopic (exact) mass is 314 g/mol. The fourth-order valence-corrected chi connectivity index (χ4v) is 2.63. The van der Waals surface area contributed by atoms with Crippen LogP contribution in [0.5, 0.6) is 0 Å². The number of aromatic nitrogens is 4. The summed E-state index contributed by atoms with van der Waals surface area (Å²) in [4.78, 5) is 22.5. The minimum absolute atomic E-state index is 0.252. The maximum absolute atomic E-state index is 12.4. The van der Waals surface area contributed by atoms with E-state index in [-0.39, 0.29) is 5.91 Å². The van der Waals surface area contributed by atoms with Crippen LogP contribution in [-0.4, -0.2) is 39.8 Å². The lowest BCUT2D eigenvalue weighted by Crippen LogP contribution is -2.17. The lowest BCUT2D eigenvalue weighted by molar-refractivity contribution is 0.102. The highest BCUT2D eigenvalue weighted by Crippen LogP contribution is 2.39. The fraction of sp³-hybridized carbons (Fsp3) is 0.500. The second-order valence-corrected chi connectivity index (χ2v) is 6.30. The van der Waals surface area contributed by atoms with E-state index in [0.29, 0.717) is 23.5 Å². The maximum atomic E-state index is 12.4. The average molecular weight is 314 g/mol. The molecule has 1 unspecified atom stereocenters. The molecule has 1 fully saturated rings. The third kappa shape index (κ3) is 3.33. The molecule has 1 amide bonds. The molecular formula is C16H22N6O. The molecule has 2 aromatic heterocycles. The Bertz CT molecular complexity index is 719. The van der Waals surface area contributed by atoms with E-state index in [0.717, 1.165) is 11.5 Å². The highest BCUT2D eigenvalue weighted by Gasteiger charge is 2.31. The summed E-state index contributed by atoms with van der Waals surface area (Å²) in [7, 11) is 3.77. The van der Waals surface area contributed by atoms with Crippen molar-refractivity contribution in [2.75, 3.05) is 24.3 Å². The smallest absolute Gasteiger partial charge is 0.277 e. The molecule has 1 N–H and O–H groups in total. The van der Waals surface area contributed by atoms with Crippen LogP contribution in [0.1, 0.15) is 42.0 Å². The van der Waals surface area contributed by atoms with Crippen LogP contribution < -0.4 is 10.2 Å². The van der Waals surface area contributed by atoms with Gasteiger partial charge in [-0.1, -0.05) is 0 Å². The van der Waals surface area contributed by atoms with Gasteiger partial charge in [-0.15, -0.1) is 0 Å². The highest BCUT2D eigenvalue weighted by atomic mass is 16.2. The molecule has 122 valence electrons. The zero-order valence-electron chi connectivity index (χ0n) is 13.9. The molecule has 0 radical (unpaired) electrons. The number of nitrogens with zero attached hydrogens (tertiary/aromatic N) is 5. The van der Waals surface area contributed by atoms with E-state index in [1.54, 1.807) is 6.07 Å². The van der Waals surface area contributed by atoms with Crippen molar-refractivity contribution in [3.05, 3.63) is 29.8 Å². The number of amides is 1. The van der Waals surface area contributed by atoms with Gasteiger partial charge >= 0.3 is 0 Å². The second kappa shape index (κ2) is 5.98. The van der Waals surface area contributed by atoms with Gasteiger partial charge in [0.1, 0.15) is 18.0 Å². The van der Waals surface area contributed by atoms with Gasteiger partial charge in [-0.3, -0.25) is 9.48 Å². The summed E-state index contributed by atoms with van der Waals surface area (Å²) in [5.74, 6) is 1.64. The number of nitrogens with one attached hydrogen (secondary N) is 1. The lowest BCUT2D eigenvalue weighted by Gasteiger charge is -2.12. The first-order valence-electron chi connectivity index (χ1n) is 7.82. The molecule has 1 aliphatic rings. The van der Waals surface area contributed by atoms with Gasteiger partial charge < -0.3 is 10.2 Å². The minimum Gasteiger partial charge on any atom is -0.363 e. The Morgan fingerprint density at radius 1 is 1.35 bits per heavy atom. The van der Waals surface area contributed by atoms with Crippen LogP contribution in [0.3, 0.4) is 0 Å². The Kier molecular flexibility index (Phi) is 4.02. The van der Waals surface area contributed by atoms with Gasteiger partial charge in [0.2, 0.25) is 0 Å². The summed E-state index contributed by atoms with van der Waals surface area (Å²) < 4.78 is 1.96. The quantitative estimate of drug-likeness (QED) is 0.916. The normalized spacial score (nSPS) is 15.3. The Morgan fingerprint density at radius 2 is 2.09 bits per heavy atom. The van der Waals surface area contributed by atoms with E-state index in [4.69, 9.17) is 0 Å². The summed E-state index contributed by atoms with van der Waals surface area (Å²) in [6.45, 7) is 4.14. The summed E-state index contributed by atoms with van der Waals surface area (Å²) in [6, 6.07) is 3.90. The summed E-state index contributed by atoms with van der Waals surface area (Å²) in [5.41, 5.74) is 1.42. The Morgan fingerprint density at radius 3 is 2.74 bits per heavy atom. The molecule has 0 bridgehead atoms. The van der Waals surface area contributed by atoms with Crippen LogP contribution in [0.25, 0.3) is 0 Å². The molecule has 1 aliphatic carbocycles. The molecular weight excluding hydrogens is 292 g/mol. The molecule has 7 nitrogen and oxygen atoms in total. The first-order valence-corrected chi connectivity index (χ1v) is 7.82. The van der Waals surface area contributed by atoms with Crippen LogP contribution in [0.15, 0.2) is 18.5 Å². The molecule has 2 aromatic rings. The van der Waals surface area contributed by atoms with Crippen molar-refractivity contribution in [2.45, 2.75) is 32.7 Å². The third-order valence-electron chi connectivity index (χ3n) is 4.20. The Labute approximate surface area is 135 Å². The second-order valence-electron chi connectivity index (χ2n) is 6.30. The average Bonchev–Trinajstić information content (AvgIpc) is 3.29. The third-order valence-corrected chi connectivity index (χ3v) is 4.20. The van der Waals surface area contributed by atoms with Gasteiger partial charge in [0.05, 0.1) is 6.04 Å². The van der Waals surface area contributed by atoms with Crippen LogP contribution in [0.4, 0.5) is 11.6 Å². The van der Waals surface area contributed by atoms with E-state index >= 15 is 0 Å². The van der Waals surface area contributed by atoms with Crippen molar-refractivity contribution in [3.63, 3.8) is 0 Å². The largest absolute Gasteiger partial charge is 0.363 e. The zero-order chi connectivity index (χ0) is 16.6. The van der Waals surface area contributed by atoms with E-state index in [1.807, 2.05) is 36.7 Å². The predicted octanol–water partition coefficient (Wildman–Crippen LogP) is 2.27. The lowest BCUT2D eigenvalue weighted by atomic mass is 10.2. The molecule has 1 atom stereocenters. The summed E-state index contributed by atoms with van der Waals surface area (Å²) in [6.07, 6.45) is 3.93. The number of carbonyl (C=O) groups is 1. The first kappa shape index (κ1) is 15.5. The van der Waals surface area contributed by atoms with Crippen LogP contribution in [-0.2, 0) is 0 Å². The van der Waals surface area contributed by atoms with Gasteiger partial charge in [-0.25, -0.2) is 9.97 Å². The van der Waals surface area contributed by atoms with E-state index in [1.165, 1.54) is 19.2 Å². The van der Waals surface area contributed by atoms with Gasteiger partial charge in [-0.2, -0.15) is 5.10 Å². The molecule has 23 heavy (non-hydrogen) atoms. The van der Waals surface area contributed by atoms with Crippen LogP contribution in [0.2, 0.25) is 0 Å². The topological polar surface area (TPSA) is 75.9 Å². The first-order chi connectivity index (χ1) is 11.0. The number of hydrogen-bond donors (Lipinski definition) is 1. The summed E-state index contributed by atoms with van der Waals surface area (Å²) >= 11 is 0. The molecule has 0 spiro atoms. The number of rotatable bonds is 5. The molecule has 0 aromatic carbocycles. The van der Waals surface area contributed by atoms with Crippen LogP contribution >= 0.6 is 0 Å². The highest BCUT2D eigenvalue weighted by molar-refractivity contribution is 6.02. The van der Waals surface area contributed by atoms with Crippen molar-refractivity contribution in [3.8, 4) is 0 Å². The maximum Gasteiger partial charge on any atom is 0.277 e. The Balaban J connectivity index is 1.75. The van der Waals surface area contributed by atoms with Crippen molar-refractivity contribution in [2.24, 2.45) is 5.92 Å². The van der Waals surface area contributed by atoms with Crippen molar-refractivity contribution < 1.29 is 4.79 Å². The molecule has 0 aliphatic heterocycles. The van der Waals surface area contributed by atoms with Crippen LogP contribution in [0, 0.1) is 12.8 Å². The van der Waals surface area contributed by atoms with Gasteiger partial charge in [0.25, 0.3) is 5.91 Å². The van der Waals surface area contributed by atoms with Crippen molar-refractivity contribution in [1.29, 1.82) is 0 Å². The van der Waals surface area contributed by atoms with Gasteiger partial charge in [0, 0.05) is 25.9 Å². The molecule has 1 saturated carbocycles. The van der Waals surface area contributed by atoms with Crippen molar-refractivity contribution in [1.82, 2.24) is 19.7 Å². The standard InChI is InChI=1S/C16H22N6O/c1-10-7-13(20-22(10)11(2)12-5-6-12)16(23)19-14-8-15(21(3)4)18-9-17-14/h7-9,11-12H,5-6H2,1-4H3,(H,17,18,19,23). The molecule has 0 saturated heterocycles. The number of hydrogen-bond acceptors (Lipinski definition) is 5. The van der Waals surface area contributed by atoms with Gasteiger partial charge in [0.15, 0.2) is 5.69 Å². The van der Waals surface area contributed by atoms with E-state index < -0.39 is 0 Å². The Hall–Kier alpha value is -2.44. The SMILES string of the molecule is Cc1cc(C(=O)Nc2cc(N(C)C)ncn2)nn1C(C)C1CC1. The summed E-state index contributed by atoms with van der Waals surface area (Å²) in [5, 5.41) is 7.26. The van der Waals surface area contributed by atoms with Crippen molar-refractivity contribution >= 4 is 17.5 Å². The predicted molar refractivity (Wildman–Crippen MR) is 88.7 cm³/mol. The molecule has 7 heteroatoms. The minimum atomic E-state index is -0.252. The molecule has 2 heterocycles. The number of aryl methyl sites for hydroxylation is 1. The molecule has 3 rings (SSSR count). The van der Waals surface area contributed by atoms with E-state index in [2.05, 4.69) is 27.3 Å². The number of anilines is 2. The van der Waals surface area contributed by atoms with Gasteiger partial charge in [-0.05, 0) is 38.7 Å².